The van der Waals surface area contributed by atoms with Gasteiger partial charge < -0.3 is 0 Å². The van der Waals surface area contributed by atoms with Gasteiger partial charge in [-0.25, -0.2) is 0 Å². The van der Waals surface area contributed by atoms with E-state index in [2.05, 4.69) is 0 Å². The van der Waals surface area contributed by atoms with Crippen molar-refractivity contribution < 1.29 is 20.4 Å². The number of hydrogen-bond donors (Lipinski definition) is 0. The molecule has 0 fully saturated rings. The molecule has 0 aliphatic heterocycles. The van der Waals surface area contributed by atoms with Gasteiger partial charge in [0.05, 0.1) is 0 Å². The molecule has 0 nitrogen and oxygen atoms in total. The van der Waals surface area contributed by atoms with Gasteiger partial charge in [0.15, 0.2) is 0 Å². The summed E-state index contributed by atoms with van der Waals surface area (Å²) < 4.78 is 0. The average Bonchev–Trinajstić information content (AvgIpc) is 0. The Morgan fingerprint density at radius 2 is 0.333 bits per heavy atom. The molecule has 0 bridgehead atoms. The summed E-state index contributed by atoms with van der Waals surface area (Å²) in [4.78, 5) is 0. The summed E-state index contributed by atoms with van der Waals surface area (Å²) in [5.74, 6) is 0. The van der Waals surface area contributed by atoms with Crippen LogP contribution in [0.3, 0.4) is 0 Å². The van der Waals surface area contributed by atoms with E-state index in [1.807, 2.05) is 0 Å². The van der Waals surface area contributed by atoms with Crippen LogP contribution in [0.1, 0.15) is 0 Å². The Kier molecular flexibility index (Phi) is 320. The first-order chi connectivity index (χ1) is 0. The molecule has 0 saturated carbocycles. The van der Waals surface area contributed by atoms with Crippen LogP contribution in [-0.2, 0) is 20.4 Å². The monoisotopic (exact) mass is 547 g/mol. The Morgan fingerprint density at radius 1 is 0.333 bits per heavy atom. The fourth-order valence-electron chi connectivity index (χ4n) is 0. The zero-order valence-corrected chi connectivity index (χ0v) is 3.09. The topological polar surface area (TPSA) is 0 Å². The normalized spacial score (nSPS) is 0. The van der Waals surface area contributed by atoms with Crippen molar-refractivity contribution in [3.63, 3.8) is 0 Å². The summed E-state index contributed by atoms with van der Waals surface area (Å²) in [7, 11) is 0. The van der Waals surface area contributed by atoms with Crippen LogP contribution in [0.4, 0.5) is 0 Å². The maximum Gasteiger partial charge on any atom is 0 e. The van der Waals surface area contributed by atoms with E-state index in [4.69, 9.17) is 0 Å². The first kappa shape index (κ1) is 52.1. The van der Waals surface area contributed by atoms with E-state index < -0.39 is 0 Å². The van der Waals surface area contributed by atoms with Gasteiger partial charge in [-0.15, -0.1) is 0 Å². The third kappa shape index (κ3) is 24.9. The minimum absolute atomic E-state index is 0. The van der Waals surface area contributed by atoms with Crippen molar-refractivity contribution in [1.29, 1.82) is 0 Å². The van der Waals surface area contributed by atoms with Crippen LogP contribution >= 0.6 is 0 Å². The molecule has 6 heteroatoms. The Morgan fingerprint density at radius 3 is 0.333 bits per heavy atom. The largest absolute Gasteiger partial charge is 0 e. The molecule has 0 aromatic carbocycles. The molecule has 0 amide bonds. The van der Waals surface area contributed by atoms with Crippen LogP contribution < -0.4 is 0 Å². The van der Waals surface area contributed by atoms with Gasteiger partial charge in [0.25, 0.3) is 0 Å². The van der Waals surface area contributed by atoms with Crippen LogP contribution in [0.15, 0.2) is 0 Å². The van der Waals surface area contributed by atoms with Gasteiger partial charge in [0, 0.05) is 20.4 Å². The van der Waals surface area contributed by atoms with Crippen LogP contribution in [0.25, 0.3) is 0 Å². The van der Waals surface area contributed by atoms with E-state index in [9.17, 15) is 0 Å². The van der Waals surface area contributed by atoms with Crippen molar-refractivity contribution in [1.82, 2.24) is 0 Å². The van der Waals surface area contributed by atoms with Crippen molar-refractivity contribution in [2.75, 3.05) is 0 Å². The first-order valence-electron chi connectivity index (χ1n) is 0. The maximum absolute atomic E-state index is 0. The molecule has 0 aromatic heterocycles. The van der Waals surface area contributed by atoms with Crippen molar-refractivity contribution >= 4 is 99.0 Å². The van der Waals surface area contributed by atoms with Crippen LogP contribution in [0.5, 0.6) is 0 Å². The average molecular weight is 550 g/mol. The van der Waals surface area contributed by atoms with E-state index in [1.54, 1.807) is 0 Å². The molecule has 0 unspecified atom stereocenters. The van der Waals surface area contributed by atoms with Gasteiger partial charge in [-0.05, 0) is 0 Å². The fourth-order valence-corrected chi connectivity index (χ4v) is 0. The molecule has 0 aliphatic carbocycles. The fraction of sp³-hybridized carbons (Fsp3) is 0. The molecule has 6 heavy (non-hydrogen) atoms. The molecule has 0 heterocycles. The van der Waals surface area contributed by atoms with Crippen LogP contribution in [0, 0.1) is 0 Å². The number of hydrogen-bond acceptors (Lipinski definition) is 0. The molecule has 0 spiro atoms. The first-order valence-corrected chi connectivity index (χ1v) is 0. The summed E-state index contributed by atoms with van der Waals surface area (Å²) in [6, 6.07) is 0. The van der Waals surface area contributed by atoms with Gasteiger partial charge in [-0.3, -0.25) is 0 Å². The summed E-state index contributed by atoms with van der Waals surface area (Å²) in [6.45, 7) is 0. The zero-order valence-electron chi connectivity index (χ0n) is 0.378. The Bertz CT molecular complexity index is 3.90. The molecule has 0 atom stereocenters. The van der Waals surface area contributed by atoms with Crippen molar-refractivity contribution in [3.8, 4) is 0 Å². The zero-order chi connectivity index (χ0) is 0. The van der Waals surface area contributed by atoms with Crippen molar-refractivity contribution in [2.24, 2.45) is 0 Å². The molecule has 0 saturated heterocycles. The quantitative estimate of drug-likeness (QED) is 0.264. The van der Waals surface area contributed by atoms with Gasteiger partial charge in [0.2, 0.25) is 0 Å². The van der Waals surface area contributed by atoms with E-state index in [0.717, 1.165) is 0 Å². The van der Waals surface area contributed by atoms with E-state index in [1.165, 1.54) is 0 Å². The molecule has 0 N–H and O–H groups in total. The van der Waals surface area contributed by atoms with E-state index >= 15 is 0 Å². The molecular formula is H15Ga5Re. The third-order valence-electron chi connectivity index (χ3n) is 0. The van der Waals surface area contributed by atoms with E-state index in [0.29, 0.717) is 0 Å². The van der Waals surface area contributed by atoms with Crippen molar-refractivity contribution in [2.45, 2.75) is 0 Å². The smallest absolute Gasteiger partial charge is 0 e. The Labute approximate surface area is 117 Å². The minimum atomic E-state index is 0. The molecular weight excluding hydrogens is 535 g/mol. The van der Waals surface area contributed by atoms with Gasteiger partial charge in [0.1, 0.15) is 0 Å². The SMILES string of the molecule is [GaH3].[GaH3].[GaH3].[GaH3].[GaH3].[Re]. The summed E-state index contributed by atoms with van der Waals surface area (Å²) in [5, 5.41) is 0. The van der Waals surface area contributed by atoms with Crippen LogP contribution in [-0.4, -0.2) is 99.0 Å². The minimum Gasteiger partial charge on any atom is 0 e. The predicted octanol–water partition coefficient (Wildman–Crippen LogP) is -5.92. The van der Waals surface area contributed by atoms with Gasteiger partial charge in [-0.2, -0.15) is 0 Å². The molecule has 0 rings (SSSR count). The molecule has 0 aromatic rings. The molecule has 37 valence electrons. The summed E-state index contributed by atoms with van der Waals surface area (Å²) >= 11 is 0. The maximum atomic E-state index is 0. The Balaban J connectivity index is 0. The molecule has 1 radical (unpaired) electrons. The van der Waals surface area contributed by atoms with E-state index in [-0.39, 0.29) is 119 Å². The summed E-state index contributed by atoms with van der Waals surface area (Å²) in [5.41, 5.74) is 0. The van der Waals surface area contributed by atoms with Crippen LogP contribution in [0.2, 0.25) is 0 Å². The van der Waals surface area contributed by atoms with Gasteiger partial charge >= 0.3 is 99.0 Å². The predicted molar refractivity (Wildman–Crippen MR) is 49.7 cm³/mol. The second-order valence-corrected chi connectivity index (χ2v) is 0. The number of rotatable bonds is 0. The second kappa shape index (κ2) is 36.8. The third-order valence-corrected chi connectivity index (χ3v) is 0. The standard InChI is InChI=1S/5Ga.Re.15H. The Hall–Kier alpha value is 3.84. The summed E-state index contributed by atoms with van der Waals surface area (Å²) in [6.07, 6.45) is 0. The van der Waals surface area contributed by atoms with Gasteiger partial charge in [-0.1, -0.05) is 0 Å². The second-order valence-electron chi connectivity index (χ2n) is 0. The van der Waals surface area contributed by atoms with Crippen molar-refractivity contribution in [3.05, 3.63) is 0 Å². The molecule has 0 aliphatic rings.